The smallest absolute Gasteiger partial charge is 0.223 e. The number of carbonyl (C=O) groups excluding carboxylic acids is 2. The molecule has 0 saturated heterocycles. The molecule has 2 aromatic rings. The van der Waals surface area contributed by atoms with E-state index in [9.17, 15) is 9.59 Å². The minimum atomic E-state index is 0.0485. The number of aryl methyl sites for hydroxylation is 2. The molecule has 1 aromatic heterocycles. The number of rotatable bonds is 4. The summed E-state index contributed by atoms with van der Waals surface area (Å²) in [6.07, 6.45) is 1.49. The summed E-state index contributed by atoms with van der Waals surface area (Å²) in [6, 6.07) is 7.98. The molecule has 0 saturated carbocycles. The molecule has 3 rings (SSSR count). The van der Waals surface area contributed by atoms with Crippen LogP contribution in [0.5, 0.6) is 0 Å². The summed E-state index contributed by atoms with van der Waals surface area (Å²) >= 11 is 1.77. The van der Waals surface area contributed by atoms with E-state index < -0.39 is 0 Å². The second-order valence-electron chi connectivity index (χ2n) is 6.53. The van der Waals surface area contributed by atoms with Crippen LogP contribution in [0, 0.1) is 13.8 Å². The van der Waals surface area contributed by atoms with Crippen molar-refractivity contribution in [3.63, 3.8) is 0 Å². The van der Waals surface area contributed by atoms with E-state index in [1.54, 1.807) is 11.3 Å². The van der Waals surface area contributed by atoms with Crippen LogP contribution in [0.15, 0.2) is 29.6 Å². The van der Waals surface area contributed by atoms with Crippen LogP contribution in [-0.4, -0.2) is 23.1 Å². The summed E-state index contributed by atoms with van der Waals surface area (Å²) in [4.78, 5) is 28.2. The van der Waals surface area contributed by atoms with Crippen LogP contribution < -0.4 is 0 Å². The van der Waals surface area contributed by atoms with Crippen molar-refractivity contribution in [2.45, 2.75) is 46.1 Å². The number of thiophene rings is 1. The van der Waals surface area contributed by atoms with Gasteiger partial charge in [-0.15, -0.1) is 11.3 Å². The number of hydrogen-bond acceptors (Lipinski definition) is 3. The Morgan fingerprint density at radius 2 is 1.96 bits per heavy atom. The minimum Gasteiger partial charge on any atom is -0.336 e. The summed E-state index contributed by atoms with van der Waals surface area (Å²) in [5, 5.41) is 2.10. The Morgan fingerprint density at radius 3 is 2.71 bits per heavy atom. The standard InChI is InChI=1S/C20H23NO2S/c1-13-4-5-16(12-14(13)2)18(22)6-7-20(23)21-10-8-19-17(15(21)3)9-11-24-19/h4-5,9,11-12,15H,6-8,10H2,1-3H3/t15-/m0/s1. The van der Waals surface area contributed by atoms with Crippen LogP contribution in [0.4, 0.5) is 0 Å². The van der Waals surface area contributed by atoms with E-state index in [4.69, 9.17) is 0 Å². The lowest BCUT2D eigenvalue weighted by Crippen LogP contribution is -2.38. The average Bonchev–Trinajstić information content (AvgIpc) is 3.04. The van der Waals surface area contributed by atoms with E-state index in [1.807, 2.05) is 36.9 Å². The lowest BCUT2D eigenvalue weighted by Gasteiger charge is -2.33. The Morgan fingerprint density at radius 1 is 1.17 bits per heavy atom. The fourth-order valence-corrected chi connectivity index (χ4v) is 4.24. The number of hydrogen-bond donors (Lipinski definition) is 0. The number of ketones is 1. The Balaban J connectivity index is 1.61. The third-order valence-electron chi connectivity index (χ3n) is 4.99. The van der Waals surface area contributed by atoms with Crippen LogP contribution >= 0.6 is 11.3 Å². The van der Waals surface area contributed by atoms with Gasteiger partial charge in [0.25, 0.3) is 0 Å². The largest absolute Gasteiger partial charge is 0.336 e. The number of Topliss-reactive ketones (excluding diaryl/α,β-unsaturated/α-hetero) is 1. The highest BCUT2D eigenvalue weighted by molar-refractivity contribution is 7.10. The Labute approximate surface area is 147 Å². The maximum atomic E-state index is 12.6. The maximum absolute atomic E-state index is 12.6. The lowest BCUT2D eigenvalue weighted by molar-refractivity contribution is -0.133. The number of benzene rings is 1. The minimum absolute atomic E-state index is 0.0485. The number of amides is 1. The molecular formula is C20H23NO2S. The fourth-order valence-electron chi connectivity index (χ4n) is 3.27. The lowest BCUT2D eigenvalue weighted by atomic mass is 9.99. The molecule has 24 heavy (non-hydrogen) atoms. The molecule has 1 atom stereocenters. The molecule has 0 radical (unpaired) electrons. The predicted molar refractivity (Wildman–Crippen MR) is 97.6 cm³/mol. The van der Waals surface area contributed by atoms with Gasteiger partial charge in [0, 0.05) is 29.8 Å². The van der Waals surface area contributed by atoms with E-state index in [-0.39, 0.29) is 30.6 Å². The second kappa shape index (κ2) is 6.89. The number of fused-ring (bicyclic) bond motifs is 1. The molecule has 0 unspecified atom stereocenters. The maximum Gasteiger partial charge on any atom is 0.223 e. The first-order chi connectivity index (χ1) is 11.5. The van der Waals surface area contributed by atoms with Gasteiger partial charge in [0.2, 0.25) is 5.91 Å². The Kier molecular flexibility index (Phi) is 4.86. The van der Waals surface area contributed by atoms with Crippen molar-refractivity contribution >= 4 is 23.0 Å². The first-order valence-corrected chi connectivity index (χ1v) is 9.31. The van der Waals surface area contributed by atoms with Gasteiger partial charge in [-0.3, -0.25) is 9.59 Å². The molecule has 0 spiro atoms. The number of nitrogens with zero attached hydrogens (tertiary/aromatic N) is 1. The van der Waals surface area contributed by atoms with Crippen molar-refractivity contribution in [2.75, 3.05) is 6.54 Å². The molecule has 1 aliphatic heterocycles. The van der Waals surface area contributed by atoms with Crippen LogP contribution in [-0.2, 0) is 11.2 Å². The van der Waals surface area contributed by atoms with E-state index in [1.165, 1.54) is 16.0 Å². The van der Waals surface area contributed by atoms with E-state index in [0.717, 1.165) is 18.5 Å². The molecule has 4 heteroatoms. The molecule has 2 heterocycles. The third kappa shape index (κ3) is 3.29. The van der Waals surface area contributed by atoms with Gasteiger partial charge in [0.05, 0.1) is 6.04 Å². The molecule has 1 aromatic carbocycles. The predicted octanol–water partition coefficient (Wildman–Crippen LogP) is 4.47. The van der Waals surface area contributed by atoms with E-state index in [0.29, 0.717) is 5.56 Å². The molecule has 0 aliphatic carbocycles. The van der Waals surface area contributed by atoms with Crippen molar-refractivity contribution in [1.29, 1.82) is 0 Å². The summed E-state index contributed by atoms with van der Waals surface area (Å²) in [5.41, 5.74) is 4.26. The van der Waals surface area contributed by atoms with Gasteiger partial charge in [-0.1, -0.05) is 12.1 Å². The summed E-state index contributed by atoms with van der Waals surface area (Å²) < 4.78 is 0. The van der Waals surface area contributed by atoms with Crippen molar-refractivity contribution in [3.8, 4) is 0 Å². The second-order valence-corrected chi connectivity index (χ2v) is 7.54. The molecule has 1 aliphatic rings. The molecule has 0 fully saturated rings. The van der Waals surface area contributed by atoms with Gasteiger partial charge in [0.1, 0.15) is 0 Å². The molecule has 1 amide bonds. The van der Waals surface area contributed by atoms with E-state index >= 15 is 0 Å². The quantitative estimate of drug-likeness (QED) is 0.769. The van der Waals surface area contributed by atoms with Gasteiger partial charge in [-0.05, 0) is 61.4 Å². The van der Waals surface area contributed by atoms with Crippen molar-refractivity contribution in [3.05, 3.63) is 56.8 Å². The van der Waals surface area contributed by atoms with Crippen LogP contribution in [0.3, 0.4) is 0 Å². The first kappa shape index (κ1) is 16.9. The molecule has 126 valence electrons. The Bertz CT molecular complexity index is 778. The van der Waals surface area contributed by atoms with E-state index in [2.05, 4.69) is 18.4 Å². The van der Waals surface area contributed by atoms with Crippen LogP contribution in [0.1, 0.15) is 57.7 Å². The van der Waals surface area contributed by atoms with Crippen LogP contribution in [0.2, 0.25) is 0 Å². The highest BCUT2D eigenvalue weighted by Crippen LogP contribution is 2.33. The highest BCUT2D eigenvalue weighted by atomic mass is 32.1. The molecule has 3 nitrogen and oxygen atoms in total. The Hall–Kier alpha value is -1.94. The van der Waals surface area contributed by atoms with Gasteiger partial charge in [-0.25, -0.2) is 0 Å². The SMILES string of the molecule is Cc1ccc(C(=O)CCC(=O)N2CCc3sccc3[C@@H]2C)cc1C. The normalized spacial score (nSPS) is 16.8. The third-order valence-corrected chi connectivity index (χ3v) is 5.99. The average molecular weight is 341 g/mol. The molecular weight excluding hydrogens is 318 g/mol. The van der Waals surface area contributed by atoms with Gasteiger partial charge < -0.3 is 4.90 Å². The fraction of sp³-hybridized carbons (Fsp3) is 0.400. The van der Waals surface area contributed by atoms with Gasteiger partial charge >= 0.3 is 0 Å². The molecule has 0 bridgehead atoms. The van der Waals surface area contributed by atoms with Gasteiger partial charge in [0.15, 0.2) is 5.78 Å². The highest BCUT2D eigenvalue weighted by Gasteiger charge is 2.28. The zero-order chi connectivity index (χ0) is 17.3. The summed E-state index contributed by atoms with van der Waals surface area (Å²) in [6.45, 7) is 6.87. The first-order valence-electron chi connectivity index (χ1n) is 8.43. The van der Waals surface area contributed by atoms with Crippen LogP contribution in [0.25, 0.3) is 0 Å². The summed E-state index contributed by atoms with van der Waals surface area (Å²) in [7, 11) is 0. The zero-order valence-corrected chi connectivity index (χ0v) is 15.3. The zero-order valence-electron chi connectivity index (χ0n) is 14.5. The molecule has 0 N–H and O–H groups in total. The summed E-state index contributed by atoms with van der Waals surface area (Å²) in [5.74, 6) is 0.129. The van der Waals surface area contributed by atoms with Crippen molar-refractivity contribution in [1.82, 2.24) is 4.90 Å². The van der Waals surface area contributed by atoms with Gasteiger partial charge in [-0.2, -0.15) is 0 Å². The van der Waals surface area contributed by atoms with Crippen molar-refractivity contribution in [2.24, 2.45) is 0 Å². The topological polar surface area (TPSA) is 37.4 Å². The number of carbonyl (C=O) groups is 2. The monoisotopic (exact) mass is 341 g/mol. The van der Waals surface area contributed by atoms with Crippen molar-refractivity contribution < 1.29 is 9.59 Å².